The molecule has 2 N–H and O–H groups in total. The Balaban J connectivity index is 2.85. The second-order valence-electron chi connectivity index (χ2n) is 2.54. The minimum atomic E-state index is -0.187. The first-order valence-corrected chi connectivity index (χ1v) is 5.29. The highest BCUT2D eigenvalue weighted by Gasteiger charge is 1.93. The monoisotopic (exact) mass is 175 g/mol. The van der Waals surface area contributed by atoms with Gasteiger partial charge in [-0.1, -0.05) is 19.8 Å². The van der Waals surface area contributed by atoms with Gasteiger partial charge in [0, 0.05) is 12.2 Å². The summed E-state index contributed by atoms with van der Waals surface area (Å²) in [7, 11) is 0. The van der Waals surface area contributed by atoms with Gasteiger partial charge < -0.3 is 5.73 Å². The summed E-state index contributed by atoms with van der Waals surface area (Å²) in [6.07, 6.45) is 4.34. The zero-order valence-corrected chi connectivity index (χ0v) is 7.95. The van der Waals surface area contributed by atoms with Crippen molar-refractivity contribution < 1.29 is 4.79 Å². The molecule has 0 fully saturated rings. The van der Waals surface area contributed by atoms with Crippen LogP contribution >= 0.6 is 11.8 Å². The van der Waals surface area contributed by atoms with Crippen LogP contribution in [0.5, 0.6) is 0 Å². The normalized spacial score (nSPS) is 9.91. The summed E-state index contributed by atoms with van der Waals surface area (Å²) in [6, 6.07) is 0. The van der Waals surface area contributed by atoms with Crippen molar-refractivity contribution >= 4 is 17.7 Å². The van der Waals surface area contributed by atoms with Crippen LogP contribution in [0.15, 0.2) is 0 Å². The molecule has 0 aromatic rings. The van der Waals surface area contributed by atoms with E-state index in [2.05, 4.69) is 6.92 Å². The van der Waals surface area contributed by atoms with E-state index in [1.165, 1.54) is 25.0 Å². The average molecular weight is 175 g/mol. The molecule has 0 heterocycles. The Morgan fingerprint density at radius 3 is 2.64 bits per heavy atom. The summed E-state index contributed by atoms with van der Waals surface area (Å²) in [6.45, 7) is 2.19. The lowest BCUT2D eigenvalue weighted by Crippen LogP contribution is -2.10. The van der Waals surface area contributed by atoms with Gasteiger partial charge in [0.1, 0.15) is 0 Å². The third-order valence-corrected chi connectivity index (χ3v) is 2.46. The van der Waals surface area contributed by atoms with Crippen molar-refractivity contribution in [3.8, 4) is 0 Å². The molecule has 1 amide bonds. The van der Waals surface area contributed by atoms with Gasteiger partial charge in [0.2, 0.25) is 5.91 Å². The summed E-state index contributed by atoms with van der Waals surface area (Å²) in [5.41, 5.74) is 4.98. The van der Waals surface area contributed by atoms with E-state index < -0.39 is 0 Å². The molecule has 0 aromatic heterocycles. The maximum Gasteiger partial charge on any atom is 0.218 e. The van der Waals surface area contributed by atoms with Gasteiger partial charge in [-0.25, -0.2) is 0 Å². The molecule has 0 aliphatic carbocycles. The maximum atomic E-state index is 10.3. The van der Waals surface area contributed by atoms with Crippen molar-refractivity contribution in [2.24, 2.45) is 5.73 Å². The molecule has 66 valence electrons. The molecular weight excluding hydrogens is 158 g/mol. The quantitative estimate of drug-likeness (QED) is 0.599. The van der Waals surface area contributed by atoms with Gasteiger partial charge in [0.15, 0.2) is 0 Å². The highest BCUT2D eigenvalue weighted by atomic mass is 32.2. The molecule has 0 aromatic carbocycles. The third-order valence-electron chi connectivity index (χ3n) is 1.39. The minimum absolute atomic E-state index is 0.187. The molecule has 0 bridgehead atoms. The van der Waals surface area contributed by atoms with Crippen molar-refractivity contribution in [3.05, 3.63) is 0 Å². The van der Waals surface area contributed by atoms with Crippen LogP contribution in [-0.2, 0) is 4.79 Å². The van der Waals surface area contributed by atoms with Gasteiger partial charge in [-0.05, 0) is 12.2 Å². The topological polar surface area (TPSA) is 43.1 Å². The van der Waals surface area contributed by atoms with E-state index in [9.17, 15) is 4.79 Å². The number of rotatable bonds is 7. The molecule has 2 nitrogen and oxygen atoms in total. The molecule has 0 aliphatic heterocycles. The Kier molecular flexibility index (Phi) is 7.79. The van der Waals surface area contributed by atoms with Crippen LogP contribution in [0.3, 0.4) is 0 Å². The zero-order valence-electron chi connectivity index (χ0n) is 7.14. The fraction of sp³-hybridized carbons (Fsp3) is 0.875. The van der Waals surface area contributed by atoms with Crippen molar-refractivity contribution in [1.29, 1.82) is 0 Å². The predicted molar refractivity (Wildman–Crippen MR) is 50.7 cm³/mol. The Morgan fingerprint density at radius 1 is 1.36 bits per heavy atom. The standard InChI is InChI=1S/C8H17NOS/c1-2-3-4-6-11-7-5-8(9)10/h2-7H2,1H3,(H2,9,10). The fourth-order valence-corrected chi connectivity index (χ4v) is 1.69. The molecule has 0 atom stereocenters. The first-order valence-electron chi connectivity index (χ1n) is 4.13. The summed E-state index contributed by atoms with van der Waals surface area (Å²) < 4.78 is 0. The molecule has 3 heteroatoms. The van der Waals surface area contributed by atoms with Gasteiger partial charge >= 0.3 is 0 Å². The summed E-state index contributed by atoms with van der Waals surface area (Å²) >= 11 is 1.82. The van der Waals surface area contributed by atoms with Gasteiger partial charge in [-0.2, -0.15) is 11.8 Å². The predicted octanol–water partition coefficient (Wildman–Crippen LogP) is 1.79. The highest BCUT2D eigenvalue weighted by Crippen LogP contribution is 2.06. The zero-order chi connectivity index (χ0) is 8.53. The summed E-state index contributed by atoms with van der Waals surface area (Å²) in [5, 5.41) is 0. The van der Waals surface area contributed by atoms with Gasteiger partial charge in [-0.3, -0.25) is 4.79 Å². The fourth-order valence-electron chi connectivity index (χ4n) is 0.729. The van der Waals surface area contributed by atoms with Crippen LogP contribution in [0.2, 0.25) is 0 Å². The van der Waals surface area contributed by atoms with Crippen molar-refractivity contribution in [2.75, 3.05) is 11.5 Å². The van der Waals surface area contributed by atoms with Crippen LogP contribution in [0, 0.1) is 0 Å². The summed E-state index contributed by atoms with van der Waals surface area (Å²) in [5.74, 6) is 1.87. The number of carbonyl (C=O) groups excluding carboxylic acids is 1. The number of unbranched alkanes of at least 4 members (excludes halogenated alkanes) is 2. The van der Waals surface area contributed by atoms with Gasteiger partial charge in [-0.15, -0.1) is 0 Å². The number of thioether (sulfide) groups is 1. The van der Waals surface area contributed by atoms with Crippen molar-refractivity contribution in [1.82, 2.24) is 0 Å². The van der Waals surface area contributed by atoms with Crippen LogP contribution in [0.4, 0.5) is 0 Å². The Labute approximate surface area is 72.9 Å². The molecule has 11 heavy (non-hydrogen) atoms. The molecule has 0 saturated carbocycles. The van der Waals surface area contributed by atoms with E-state index in [1.54, 1.807) is 0 Å². The van der Waals surface area contributed by atoms with Crippen LogP contribution in [0.25, 0.3) is 0 Å². The Bertz CT molecular complexity index is 106. The van der Waals surface area contributed by atoms with Crippen LogP contribution < -0.4 is 5.73 Å². The third kappa shape index (κ3) is 9.82. The number of hydrogen-bond donors (Lipinski definition) is 1. The van der Waals surface area contributed by atoms with E-state index >= 15 is 0 Å². The lowest BCUT2D eigenvalue weighted by atomic mass is 10.3. The lowest BCUT2D eigenvalue weighted by molar-refractivity contribution is -0.117. The second-order valence-corrected chi connectivity index (χ2v) is 3.76. The number of primary amides is 1. The van der Waals surface area contributed by atoms with Crippen LogP contribution in [0.1, 0.15) is 32.6 Å². The van der Waals surface area contributed by atoms with E-state index in [1.807, 2.05) is 11.8 Å². The van der Waals surface area contributed by atoms with Crippen molar-refractivity contribution in [2.45, 2.75) is 32.6 Å². The molecule has 0 saturated heterocycles. The van der Waals surface area contributed by atoms with Gasteiger partial charge in [0.05, 0.1) is 0 Å². The average Bonchev–Trinajstić information content (AvgIpc) is 1.96. The first-order chi connectivity index (χ1) is 5.27. The Morgan fingerprint density at radius 2 is 2.09 bits per heavy atom. The molecule has 0 aliphatic rings. The first kappa shape index (κ1) is 10.8. The smallest absolute Gasteiger partial charge is 0.218 e. The van der Waals surface area contributed by atoms with Crippen molar-refractivity contribution in [3.63, 3.8) is 0 Å². The number of hydrogen-bond acceptors (Lipinski definition) is 2. The van der Waals surface area contributed by atoms with Gasteiger partial charge in [0.25, 0.3) is 0 Å². The molecular formula is C8H17NOS. The molecule has 0 unspecified atom stereocenters. The van der Waals surface area contributed by atoms with E-state index in [0.29, 0.717) is 6.42 Å². The highest BCUT2D eigenvalue weighted by molar-refractivity contribution is 7.99. The molecule has 0 spiro atoms. The lowest BCUT2D eigenvalue weighted by Gasteiger charge is -1.97. The van der Waals surface area contributed by atoms with E-state index in [-0.39, 0.29) is 5.91 Å². The van der Waals surface area contributed by atoms with E-state index in [0.717, 1.165) is 5.75 Å². The Hall–Kier alpha value is -0.180. The van der Waals surface area contributed by atoms with Crippen LogP contribution in [-0.4, -0.2) is 17.4 Å². The molecule has 0 rings (SSSR count). The SMILES string of the molecule is CCCCCSCCC(N)=O. The number of nitrogens with two attached hydrogens (primary N) is 1. The largest absolute Gasteiger partial charge is 0.370 e. The minimum Gasteiger partial charge on any atom is -0.370 e. The number of amides is 1. The maximum absolute atomic E-state index is 10.3. The molecule has 0 radical (unpaired) electrons. The second kappa shape index (κ2) is 7.92. The summed E-state index contributed by atoms with van der Waals surface area (Å²) in [4.78, 5) is 10.3. The number of carbonyl (C=O) groups is 1. The van der Waals surface area contributed by atoms with E-state index in [4.69, 9.17) is 5.73 Å².